The first-order chi connectivity index (χ1) is 14.8. The number of aryl methyl sites for hydroxylation is 1. The molecule has 0 saturated carbocycles. The fourth-order valence-corrected chi connectivity index (χ4v) is 3.39. The minimum Gasteiger partial charge on any atom is -0.495 e. The van der Waals surface area contributed by atoms with Crippen molar-refractivity contribution in [2.75, 3.05) is 50.7 Å². The third-order valence-electron chi connectivity index (χ3n) is 4.28. The molecule has 2 aromatic carbocycles. The van der Waals surface area contributed by atoms with Crippen molar-refractivity contribution in [1.82, 2.24) is 10.2 Å². The Morgan fingerprint density at radius 1 is 0.968 bits per heavy atom. The number of amides is 3. The Morgan fingerprint density at radius 3 is 2.35 bits per heavy atom. The summed E-state index contributed by atoms with van der Waals surface area (Å²) in [5.74, 6) is -0.405. The molecule has 0 unspecified atom stereocenters. The summed E-state index contributed by atoms with van der Waals surface area (Å²) in [6.45, 7) is 1.75. The number of nitrogens with one attached hydrogen (secondary N) is 3. The molecule has 0 aliphatic rings. The van der Waals surface area contributed by atoms with Crippen LogP contribution in [0.15, 0.2) is 47.4 Å². The van der Waals surface area contributed by atoms with Crippen LogP contribution in [0.25, 0.3) is 0 Å². The van der Waals surface area contributed by atoms with Gasteiger partial charge in [-0.1, -0.05) is 18.2 Å². The first kappa shape index (κ1) is 24.2. The zero-order chi connectivity index (χ0) is 22.8. The third-order valence-corrected chi connectivity index (χ3v) is 5.08. The van der Waals surface area contributed by atoms with Gasteiger partial charge in [0, 0.05) is 4.90 Å². The molecule has 0 bridgehead atoms. The van der Waals surface area contributed by atoms with Gasteiger partial charge in [-0.15, -0.1) is 11.8 Å². The fraction of sp³-hybridized carbons (Fsp3) is 0.318. The van der Waals surface area contributed by atoms with Gasteiger partial charge in [0.1, 0.15) is 5.75 Å². The Labute approximate surface area is 186 Å². The molecule has 3 N–H and O–H groups in total. The molecule has 0 fully saturated rings. The van der Waals surface area contributed by atoms with Crippen molar-refractivity contribution in [3.63, 3.8) is 0 Å². The molecule has 2 rings (SSSR count). The largest absolute Gasteiger partial charge is 0.495 e. The highest BCUT2D eigenvalue weighted by molar-refractivity contribution is 7.98. The van der Waals surface area contributed by atoms with Crippen molar-refractivity contribution in [2.45, 2.75) is 11.8 Å². The highest BCUT2D eigenvalue weighted by atomic mass is 32.2. The molecular weight excluding hydrogens is 416 g/mol. The van der Waals surface area contributed by atoms with E-state index in [2.05, 4.69) is 16.0 Å². The summed E-state index contributed by atoms with van der Waals surface area (Å²) >= 11 is 1.54. The second-order valence-electron chi connectivity index (χ2n) is 6.95. The monoisotopic (exact) mass is 444 g/mol. The quantitative estimate of drug-likeness (QED) is 0.487. The first-order valence-corrected chi connectivity index (χ1v) is 10.9. The van der Waals surface area contributed by atoms with Gasteiger partial charge in [0.25, 0.3) is 0 Å². The van der Waals surface area contributed by atoms with Crippen LogP contribution in [-0.2, 0) is 14.4 Å². The van der Waals surface area contributed by atoms with Crippen molar-refractivity contribution in [3.05, 3.63) is 48.0 Å². The van der Waals surface area contributed by atoms with Crippen LogP contribution in [0.3, 0.4) is 0 Å². The van der Waals surface area contributed by atoms with Gasteiger partial charge >= 0.3 is 0 Å². The minimum absolute atomic E-state index is 0.0152. The molecule has 0 heterocycles. The van der Waals surface area contributed by atoms with E-state index in [-0.39, 0.29) is 37.4 Å². The van der Waals surface area contributed by atoms with E-state index in [1.807, 2.05) is 43.5 Å². The summed E-state index contributed by atoms with van der Waals surface area (Å²) in [7, 11) is 3.19. The van der Waals surface area contributed by atoms with Gasteiger partial charge in [0.15, 0.2) is 0 Å². The number of hydrogen-bond donors (Lipinski definition) is 3. The highest BCUT2D eigenvalue weighted by Crippen LogP contribution is 2.25. The van der Waals surface area contributed by atoms with Crippen LogP contribution < -0.4 is 20.7 Å². The number of para-hydroxylation sites is 1. The predicted octanol–water partition coefficient (Wildman–Crippen LogP) is 2.35. The maximum Gasteiger partial charge on any atom is 0.243 e. The van der Waals surface area contributed by atoms with E-state index in [4.69, 9.17) is 4.74 Å². The number of carbonyl (C=O) groups is 3. The molecule has 0 aromatic heterocycles. The summed E-state index contributed by atoms with van der Waals surface area (Å²) < 4.78 is 5.23. The molecule has 0 saturated heterocycles. The Morgan fingerprint density at radius 2 is 1.65 bits per heavy atom. The molecule has 3 amide bonds. The van der Waals surface area contributed by atoms with Crippen LogP contribution in [0.5, 0.6) is 5.75 Å². The predicted molar refractivity (Wildman–Crippen MR) is 124 cm³/mol. The first-order valence-electron chi connectivity index (χ1n) is 9.65. The van der Waals surface area contributed by atoms with Crippen LogP contribution in [0.4, 0.5) is 11.4 Å². The maximum atomic E-state index is 12.3. The van der Waals surface area contributed by atoms with Gasteiger partial charge in [0.05, 0.1) is 38.1 Å². The van der Waals surface area contributed by atoms with Crippen molar-refractivity contribution in [1.29, 1.82) is 0 Å². The lowest BCUT2D eigenvalue weighted by molar-refractivity contribution is -0.125. The molecule has 0 spiro atoms. The number of methoxy groups -OCH3 is 1. The molecule has 2 aromatic rings. The van der Waals surface area contributed by atoms with Crippen LogP contribution in [-0.4, -0.2) is 62.7 Å². The molecule has 0 radical (unpaired) electrons. The van der Waals surface area contributed by atoms with Gasteiger partial charge in [-0.2, -0.15) is 0 Å². The van der Waals surface area contributed by atoms with Crippen molar-refractivity contribution < 1.29 is 19.1 Å². The molecule has 9 heteroatoms. The molecule has 0 aliphatic heterocycles. The zero-order valence-electron chi connectivity index (χ0n) is 18.2. The summed E-state index contributed by atoms with van der Waals surface area (Å²) in [5, 5.41) is 8.13. The van der Waals surface area contributed by atoms with E-state index in [1.165, 1.54) is 7.11 Å². The Kier molecular flexibility index (Phi) is 9.36. The molecule has 166 valence electrons. The summed E-state index contributed by atoms with van der Waals surface area (Å²) in [6.07, 6.45) is 1.94. The van der Waals surface area contributed by atoms with Crippen LogP contribution >= 0.6 is 11.8 Å². The fourth-order valence-electron chi connectivity index (χ4n) is 2.83. The van der Waals surface area contributed by atoms with Crippen LogP contribution in [0, 0.1) is 6.92 Å². The summed E-state index contributed by atoms with van der Waals surface area (Å²) in [4.78, 5) is 39.1. The van der Waals surface area contributed by atoms with Crippen molar-refractivity contribution in [3.8, 4) is 5.75 Å². The normalized spacial score (nSPS) is 10.5. The van der Waals surface area contributed by atoms with E-state index in [9.17, 15) is 14.4 Å². The van der Waals surface area contributed by atoms with E-state index >= 15 is 0 Å². The third kappa shape index (κ3) is 7.95. The van der Waals surface area contributed by atoms with Gasteiger partial charge in [-0.05, 0) is 50.1 Å². The Balaban J connectivity index is 1.77. The number of carbonyl (C=O) groups excluding carboxylic acids is 3. The number of likely N-dealkylation sites (N-methyl/N-ethyl adjacent to an activating group) is 1. The smallest absolute Gasteiger partial charge is 0.243 e. The highest BCUT2D eigenvalue weighted by Gasteiger charge is 2.14. The van der Waals surface area contributed by atoms with Gasteiger partial charge in [-0.3, -0.25) is 19.3 Å². The lowest BCUT2D eigenvalue weighted by atomic mass is 10.2. The average molecular weight is 445 g/mol. The SMILES string of the molecule is COc1ccc(C)cc1NC(=O)CNC(=O)CN(C)CC(=O)Nc1ccccc1SC. The van der Waals surface area contributed by atoms with E-state index in [0.717, 1.165) is 16.1 Å². The standard InChI is InChI=1S/C22H28N4O4S/c1-15-9-10-18(30-3)17(11-15)25-20(27)12-23-21(28)13-26(2)14-22(29)24-16-7-5-6-8-19(16)31-4/h5-11H,12-14H2,1-4H3,(H,23,28)(H,24,29)(H,25,27). The molecule has 0 atom stereocenters. The number of benzene rings is 2. The number of rotatable bonds is 10. The maximum absolute atomic E-state index is 12.3. The molecule has 0 aliphatic carbocycles. The van der Waals surface area contributed by atoms with Crippen molar-refractivity contribution in [2.24, 2.45) is 0 Å². The number of anilines is 2. The van der Waals surface area contributed by atoms with E-state index in [1.54, 1.807) is 35.8 Å². The minimum atomic E-state index is -0.369. The number of ether oxygens (including phenoxy) is 1. The molecule has 31 heavy (non-hydrogen) atoms. The summed E-state index contributed by atoms with van der Waals surface area (Å²) in [6, 6.07) is 12.9. The van der Waals surface area contributed by atoms with E-state index in [0.29, 0.717) is 11.4 Å². The Bertz CT molecular complexity index is 935. The lowest BCUT2D eigenvalue weighted by Crippen LogP contribution is -2.41. The summed E-state index contributed by atoms with van der Waals surface area (Å²) in [5.41, 5.74) is 2.25. The van der Waals surface area contributed by atoms with Crippen molar-refractivity contribution >= 4 is 40.9 Å². The number of hydrogen-bond acceptors (Lipinski definition) is 6. The average Bonchev–Trinajstić information content (AvgIpc) is 2.72. The second-order valence-corrected chi connectivity index (χ2v) is 7.80. The lowest BCUT2D eigenvalue weighted by Gasteiger charge is -2.17. The Hall–Kier alpha value is -3.04. The van der Waals surface area contributed by atoms with Crippen LogP contribution in [0.2, 0.25) is 0 Å². The van der Waals surface area contributed by atoms with Crippen LogP contribution in [0.1, 0.15) is 5.56 Å². The zero-order valence-corrected chi connectivity index (χ0v) is 19.0. The molecule has 8 nitrogen and oxygen atoms in total. The molecular formula is C22H28N4O4S. The topological polar surface area (TPSA) is 99.8 Å². The number of nitrogens with zero attached hydrogens (tertiary/aromatic N) is 1. The van der Waals surface area contributed by atoms with Gasteiger partial charge in [0.2, 0.25) is 17.7 Å². The van der Waals surface area contributed by atoms with E-state index < -0.39 is 0 Å². The number of thioether (sulfide) groups is 1. The van der Waals surface area contributed by atoms with Gasteiger partial charge in [-0.25, -0.2) is 0 Å². The van der Waals surface area contributed by atoms with Gasteiger partial charge < -0.3 is 20.7 Å². The second kappa shape index (κ2) is 12.0.